The van der Waals surface area contributed by atoms with Gasteiger partial charge >= 0.3 is 0 Å². The van der Waals surface area contributed by atoms with Gasteiger partial charge in [0, 0.05) is 40.2 Å². The summed E-state index contributed by atoms with van der Waals surface area (Å²) in [6.45, 7) is 1.52. The molecule has 2 aromatic carbocycles. The Morgan fingerprint density at radius 1 is 1.14 bits per heavy atom. The van der Waals surface area contributed by atoms with Gasteiger partial charge in [-0.2, -0.15) is 5.10 Å². The molecule has 146 valence electrons. The molecule has 1 saturated heterocycles. The molecule has 5 rings (SSSR count). The third kappa shape index (κ3) is 3.81. The van der Waals surface area contributed by atoms with E-state index in [1.807, 2.05) is 47.4 Å². The molecule has 0 saturated carbocycles. The highest BCUT2D eigenvalue weighted by Gasteiger charge is 2.15. The van der Waals surface area contributed by atoms with E-state index in [1.165, 1.54) is 0 Å². The number of H-pyrrole nitrogens is 1. The zero-order valence-corrected chi connectivity index (χ0v) is 16.8. The van der Waals surface area contributed by atoms with E-state index in [4.69, 9.17) is 14.8 Å². The molecular formula is C23H22N4OS. The number of hydrogen-bond donors (Lipinski definition) is 1. The number of aromatic nitrogens is 2. The second-order valence-corrected chi connectivity index (χ2v) is 7.93. The van der Waals surface area contributed by atoms with Crippen LogP contribution in [0.2, 0.25) is 0 Å². The molecule has 0 bridgehead atoms. The molecule has 0 radical (unpaired) electrons. The number of benzene rings is 2. The third-order valence-corrected chi connectivity index (χ3v) is 6.00. The number of fused-ring (bicyclic) bond motifs is 1. The van der Waals surface area contributed by atoms with Crippen LogP contribution in [0.15, 0.2) is 76.3 Å². The van der Waals surface area contributed by atoms with Crippen molar-refractivity contribution in [2.45, 2.75) is 18.9 Å². The van der Waals surface area contributed by atoms with Crippen molar-refractivity contribution in [2.75, 3.05) is 13.2 Å². The Labute approximate surface area is 173 Å². The summed E-state index contributed by atoms with van der Waals surface area (Å²) in [7, 11) is 0. The molecule has 1 unspecified atom stereocenters. The first kappa shape index (κ1) is 18.1. The van der Waals surface area contributed by atoms with E-state index in [1.54, 1.807) is 11.3 Å². The molecule has 1 aliphatic rings. The highest BCUT2D eigenvalue weighted by Crippen LogP contribution is 2.21. The van der Waals surface area contributed by atoms with Gasteiger partial charge in [0.15, 0.2) is 0 Å². The fourth-order valence-electron chi connectivity index (χ4n) is 3.62. The Balaban J connectivity index is 1.55. The predicted octanol–water partition coefficient (Wildman–Crippen LogP) is 4.66. The van der Waals surface area contributed by atoms with Gasteiger partial charge in [-0.05, 0) is 18.9 Å². The zero-order valence-electron chi connectivity index (χ0n) is 16.0. The van der Waals surface area contributed by atoms with Gasteiger partial charge in [0.1, 0.15) is 0 Å². The predicted molar refractivity (Wildman–Crippen MR) is 118 cm³/mol. The van der Waals surface area contributed by atoms with Crippen LogP contribution in [0, 0.1) is 0 Å². The van der Waals surface area contributed by atoms with Gasteiger partial charge in [-0.3, -0.25) is 4.99 Å². The van der Waals surface area contributed by atoms with Crippen molar-refractivity contribution < 1.29 is 4.74 Å². The van der Waals surface area contributed by atoms with Gasteiger partial charge in [-0.15, -0.1) is 11.3 Å². The largest absolute Gasteiger partial charge is 0.376 e. The van der Waals surface area contributed by atoms with Crippen molar-refractivity contribution in [2.24, 2.45) is 10.1 Å². The highest BCUT2D eigenvalue weighted by atomic mass is 32.1. The normalized spacial score (nSPS) is 17.7. The number of para-hydroxylation sites is 1. The summed E-state index contributed by atoms with van der Waals surface area (Å²) in [5, 5.41) is 8.11. The first-order valence-electron chi connectivity index (χ1n) is 9.87. The average Bonchev–Trinajstić information content (AvgIpc) is 3.51. The molecule has 0 aliphatic carbocycles. The zero-order chi connectivity index (χ0) is 19.5. The Morgan fingerprint density at radius 2 is 2.00 bits per heavy atom. The maximum absolute atomic E-state index is 5.73. The van der Waals surface area contributed by atoms with E-state index in [-0.39, 0.29) is 6.10 Å². The van der Waals surface area contributed by atoms with E-state index in [2.05, 4.69) is 34.6 Å². The molecule has 3 heterocycles. The number of thiazole rings is 1. The minimum Gasteiger partial charge on any atom is -0.376 e. The monoisotopic (exact) mass is 402 g/mol. The topological polar surface area (TPSA) is 54.7 Å². The molecular weight excluding hydrogens is 380 g/mol. The van der Waals surface area contributed by atoms with E-state index in [0.29, 0.717) is 6.54 Å². The molecule has 0 amide bonds. The van der Waals surface area contributed by atoms with Crippen molar-refractivity contribution in [1.29, 1.82) is 0 Å². The second-order valence-electron chi connectivity index (χ2n) is 7.09. The number of hydrogen-bond acceptors (Lipinski definition) is 4. The van der Waals surface area contributed by atoms with Crippen LogP contribution in [0.5, 0.6) is 0 Å². The SMILES string of the molecule is C(=Nn1c(-c2ccccc2)csc1=NCC1CCCO1)c1c[nH]c2ccccc12. The summed E-state index contributed by atoms with van der Waals surface area (Å²) in [6.07, 6.45) is 6.33. The molecule has 4 aromatic rings. The first-order valence-corrected chi connectivity index (χ1v) is 10.7. The fourth-order valence-corrected chi connectivity index (χ4v) is 4.46. The van der Waals surface area contributed by atoms with Crippen LogP contribution in [0.1, 0.15) is 18.4 Å². The van der Waals surface area contributed by atoms with Gasteiger partial charge in [0.25, 0.3) is 0 Å². The minimum absolute atomic E-state index is 0.225. The molecule has 2 aromatic heterocycles. The fraction of sp³-hybridized carbons (Fsp3) is 0.217. The Morgan fingerprint density at radius 3 is 2.86 bits per heavy atom. The van der Waals surface area contributed by atoms with E-state index in [9.17, 15) is 0 Å². The van der Waals surface area contributed by atoms with Crippen LogP contribution >= 0.6 is 11.3 Å². The molecule has 5 nitrogen and oxygen atoms in total. The molecule has 6 heteroatoms. The van der Waals surface area contributed by atoms with E-state index < -0.39 is 0 Å². The van der Waals surface area contributed by atoms with Crippen LogP contribution in [0.4, 0.5) is 0 Å². The van der Waals surface area contributed by atoms with E-state index in [0.717, 1.165) is 52.0 Å². The summed E-state index contributed by atoms with van der Waals surface area (Å²) in [4.78, 5) is 9.02. The Bertz CT molecular complexity index is 1200. The van der Waals surface area contributed by atoms with Crippen molar-refractivity contribution in [3.63, 3.8) is 0 Å². The van der Waals surface area contributed by atoms with Gasteiger partial charge in [0.05, 0.1) is 24.6 Å². The maximum Gasteiger partial charge on any atom is 0.206 e. The molecule has 1 aliphatic heterocycles. The lowest BCUT2D eigenvalue weighted by atomic mass is 10.2. The van der Waals surface area contributed by atoms with Crippen molar-refractivity contribution in [3.05, 3.63) is 76.5 Å². The van der Waals surface area contributed by atoms with Crippen LogP contribution in [-0.2, 0) is 4.74 Å². The smallest absolute Gasteiger partial charge is 0.206 e. The van der Waals surface area contributed by atoms with Crippen LogP contribution in [-0.4, -0.2) is 35.1 Å². The molecule has 1 fully saturated rings. The van der Waals surface area contributed by atoms with Crippen molar-refractivity contribution in [3.8, 4) is 11.3 Å². The summed E-state index contributed by atoms with van der Waals surface area (Å²) in [6, 6.07) is 18.6. The minimum atomic E-state index is 0.225. The lowest BCUT2D eigenvalue weighted by molar-refractivity contribution is 0.117. The average molecular weight is 403 g/mol. The molecule has 1 N–H and O–H groups in total. The standard InChI is InChI=1S/C23H22N4OS/c1-2-7-17(8-3-1)22-16-29-23(25-15-19-9-6-12-28-19)27(22)26-14-18-13-24-21-11-5-4-10-20(18)21/h1-5,7-8,10-11,13-14,16,19,24H,6,9,12,15H2. The summed E-state index contributed by atoms with van der Waals surface area (Å²) < 4.78 is 7.67. The van der Waals surface area contributed by atoms with Crippen molar-refractivity contribution >= 4 is 28.5 Å². The quantitative estimate of drug-likeness (QED) is 0.485. The summed E-state index contributed by atoms with van der Waals surface area (Å²) in [5.41, 5.74) is 4.33. The second kappa shape index (κ2) is 8.19. The lowest BCUT2D eigenvalue weighted by Gasteiger charge is -2.05. The van der Waals surface area contributed by atoms with Gasteiger partial charge in [-0.25, -0.2) is 4.68 Å². The third-order valence-electron chi connectivity index (χ3n) is 5.14. The van der Waals surface area contributed by atoms with E-state index >= 15 is 0 Å². The van der Waals surface area contributed by atoms with Gasteiger partial charge in [0.2, 0.25) is 4.80 Å². The Hall–Kier alpha value is -2.96. The Kier molecular flexibility index (Phi) is 5.11. The first-order chi connectivity index (χ1) is 14.4. The molecule has 1 atom stereocenters. The van der Waals surface area contributed by atoms with Crippen LogP contribution in [0.25, 0.3) is 22.2 Å². The lowest BCUT2D eigenvalue weighted by Crippen LogP contribution is -2.17. The van der Waals surface area contributed by atoms with Gasteiger partial charge in [-0.1, -0.05) is 48.5 Å². The maximum atomic E-state index is 5.73. The molecule has 29 heavy (non-hydrogen) atoms. The number of aromatic amines is 1. The van der Waals surface area contributed by atoms with Crippen LogP contribution < -0.4 is 4.80 Å². The number of nitrogens with one attached hydrogen (secondary N) is 1. The number of rotatable bonds is 5. The summed E-state index contributed by atoms with van der Waals surface area (Å²) in [5.74, 6) is 0. The van der Waals surface area contributed by atoms with Gasteiger partial charge < -0.3 is 9.72 Å². The van der Waals surface area contributed by atoms with Crippen LogP contribution in [0.3, 0.4) is 0 Å². The number of nitrogens with zero attached hydrogens (tertiary/aromatic N) is 3. The molecule has 0 spiro atoms. The summed E-state index contributed by atoms with van der Waals surface area (Å²) >= 11 is 1.61. The number of ether oxygens (including phenoxy) is 1. The highest BCUT2D eigenvalue weighted by molar-refractivity contribution is 7.07. The van der Waals surface area contributed by atoms with Crippen molar-refractivity contribution in [1.82, 2.24) is 9.66 Å².